The lowest BCUT2D eigenvalue weighted by Crippen LogP contribution is -2.32. The lowest BCUT2D eigenvalue weighted by molar-refractivity contribution is -0.140. The number of carboxylic acid groups (broad SMARTS) is 2. The molecule has 1 atom stereocenters. The van der Waals surface area contributed by atoms with Gasteiger partial charge in [-0.1, -0.05) is 0 Å². The molecule has 0 unspecified atom stereocenters. The topological polar surface area (TPSA) is 136 Å². The van der Waals surface area contributed by atoms with Crippen molar-refractivity contribution in [2.45, 2.75) is 19.4 Å². The second-order valence-electron chi connectivity index (χ2n) is 3.35. The summed E-state index contributed by atoms with van der Waals surface area (Å²) in [5.41, 5.74) is 5.72. The maximum Gasteiger partial charge on any atom is 0.341 e. The molecule has 1 aromatic heterocycles. The largest absolute Gasteiger partial charge is 0.480 e. The summed E-state index contributed by atoms with van der Waals surface area (Å²) in [6.07, 6.45) is -0.0420. The third-order valence-electron chi connectivity index (χ3n) is 2.02. The second kappa shape index (κ2) is 5.30. The van der Waals surface area contributed by atoms with E-state index in [1.54, 1.807) is 6.92 Å². The fraction of sp³-hybridized carbons (Fsp3) is 0.444. The van der Waals surface area contributed by atoms with Gasteiger partial charge in [0.1, 0.15) is 11.8 Å². The molecule has 0 aliphatic heterocycles. The SMILES string of the molecule is Cc1onc(OCC(=O)O)c1C[C@H](N)C(=O)O. The number of hydrogen-bond donors (Lipinski definition) is 3. The number of carbonyl (C=O) groups is 2. The minimum Gasteiger partial charge on any atom is -0.480 e. The van der Waals surface area contributed by atoms with E-state index in [0.29, 0.717) is 11.3 Å². The Morgan fingerprint density at radius 3 is 2.71 bits per heavy atom. The normalized spacial score (nSPS) is 12.1. The van der Waals surface area contributed by atoms with Crippen molar-refractivity contribution in [2.24, 2.45) is 5.73 Å². The zero-order chi connectivity index (χ0) is 13.0. The standard InChI is InChI=1S/C9H12N2O6/c1-4-5(2-6(10)9(14)15)8(11-17-4)16-3-7(12)13/h6H,2-3,10H2,1H3,(H,12,13)(H,14,15)/t6-/m0/s1. The van der Waals surface area contributed by atoms with Gasteiger partial charge >= 0.3 is 11.9 Å². The average Bonchev–Trinajstić information content (AvgIpc) is 2.57. The summed E-state index contributed by atoms with van der Waals surface area (Å²) in [7, 11) is 0. The van der Waals surface area contributed by atoms with E-state index in [9.17, 15) is 9.59 Å². The van der Waals surface area contributed by atoms with Crippen LogP contribution < -0.4 is 10.5 Å². The minimum atomic E-state index is -1.17. The zero-order valence-corrected chi connectivity index (χ0v) is 9.04. The summed E-state index contributed by atoms with van der Waals surface area (Å²) in [5.74, 6) is -2.03. The van der Waals surface area contributed by atoms with Gasteiger partial charge in [0.15, 0.2) is 6.61 Å². The van der Waals surface area contributed by atoms with Crippen molar-refractivity contribution in [2.75, 3.05) is 6.61 Å². The molecule has 4 N–H and O–H groups in total. The summed E-state index contributed by atoms with van der Waals surface area (Å²) >= 11 is 0. The van der Waals surface area contributed by atoms with Crippen molar-refractivity contribution in [3.8, 4) is 5.88 Å². The van der Waals surface area contributed by atoms with Crippen LogP contribution in [0.15, 0.2) is 4.52 Å². The first-order valence-electron chi connectivity index (χ1n) is 4.70. The lowest BCUT2D eigenvalue weighted by Gasteiger charge is -2.06. The van der Waals surface area contributed by atoms with E-state index in [0.717, 1.165) is 0 Å². The number of aromatic nitrogens is 1. The predicted molar refractivity (Wildman–Crippen MR) is 53.7 cm³/mol. The highest BCUT2D eigenvalue weighted by Crippen LogP contribution is 2.22. The van der Waals surface area contributed by atoms with E-state index in [-0.39, 0.29) is 12.3 Å². The third kappa shape index (κ3) is 3.45. The molecule has 8 nitrogen and oxygen atoms in total. The number of aryl methyl sites for hydroxylation is 1. The number of hydrogen-bond acceptors (Lipinski definition) is 6. The molecule has 0 fully saturated rings. The van der Waals surface area contributed by atoms with Crippen LogP contribution in [0, 0.1) is 6.92 Å². The van der Waals surface area contributed by atoms with Crippen molar-refractivity contribution in [1.29, 1.82) is 0 Å². The second-order valence-corrected chi connectivity index (χ2v) is 3.35. The summed E-state index contributed by atoms with van der Waals surface area (Å²) in [5, 5.41) is 20.6. The molecule has 1 heterocycles. The van der Waals surface area contributed by atoms with Crippen molar-refractivity contribution < 1.29 is 29.1 Å². The molecule has 0 aliphatic rings. The van der Waals surface area contributed by atoms with Gasteiger partial charge in [0.25, 0.3) is 5.88 Å². The molecule has 0 radical (unpaired) electrons. The van der Waals surface area contributed by atoms with Crippen LogP contribution in [-0.2, 0) is 16.0 Å². The van der Waals surface area contributed by atoms with Crippen LogP contribution in [0.4, 0.5) is 0 Å². The molecule has 1 aromatic rings. The summed E-state index contributed by atoms with van der Waals surface area (Å²) in [6, 6.07) is -1.12. The number of aliphatic carboxylic acids is 2. The van der Waals surface area contributed by atoms with Crippen LogP contribution >= 0.6 is 0 Å². The minimum absolute atomic E-state index is 0.0402. The molecule has 0 aromatic carbocycles. The molecule has 0 saturated carbocycles. The lowest BCUT2D eigenvalue weighted by atomic mass is 10.1. The van der Waals surface area contributed by atoms with Crippen molar-refractivity contribution in [1.82, 2.24) is 5.16 Å². The van der Waals surface area contributed by atoms with Gasteiger partial charge in [0, 0.05) is 6.42 Å². The molecule has 0 aliphatic carbocycles. The molecule has 17 heavy (non-hydrogen) atoms. The van der Waals surface area contributed by atoms with E-state index in [1.165, 1.54) is 0 Å². The molecular weight excluding hydrogens is 232 g/mol. The van der Waals surface area contributed by atoms with Crippen LogP contribution in [0.1, 0.15) is 11.3 Å². The van der Waals surface area contributed by atoms with Gasteiger partial charge in [-0.25, -0.2) is 4.79 Å². The van der Waals surface area contributed by atoms with Crippen LogP contribution in [-0.4, -0.2) is 40.0 Å². The van der Waals surface area contributed by atoms with Gasteiger partial charge in [-0.15, -0.1) is 0 Å². The van der Waals surface area contributed by atoms with E-state index in [4.69, 9.17) is 25.2 Å². The fourth-order valence-electron chi connectivity index (χ4n) is 1.15. The Kier molecular flexibility index (Phi) is 4.05. The number of nitrogens with zero attached hydrogens (tertiary/aromatic N) is 1. The van der Waals surface area contributed by atoms with Crippen LogP contribution in [0.25, 0.3) is 0 Å². The van der Waals surface area contributed by atoms with Crippen molar-refractivity contribution in [3.05, 3.63) is 11.3 Å². The number of ether oxygens (including phenoxy) is 1. The smallest absolute Gasteiger partial charge is 0.341 e. The van der Waals surface area contributed by atoms with Crippen LogP contribution in [0.3, 0.4) is 0 Å². The Hall–Kier alpha value is -2.09. The number of rotatable bonds is 6. The van der Waals surface area contributed by atoms with Gasteiger partial charge in [-0.05, 0) is 12.1 Å². The van der Waals surface area contributed by atoms with Crippen molar-refractivity contribution >= 4 is 11.9 Å². The highest BCUT2D eigenvalue weighted by atomic mass is 16.5. The molecule has 0 bridgehead atoms. The number of nitrogens with two attached hydrogens (primary N) is 1. The summed E-state index contributed by atoms with van der Waals surface area (Å²) in [4.78, 5) is 20.9. The Labute approximate surface area is 96.0 Å². The Morgan fingerprint density at radius 2 is 2.18 bits per heavy atom. The first kappa shape index (κ1) is 13.0. The predicted octanol–water partition coefficient (Wildman–Crippen LogP) is -0.599. The van der Waals surface area contributed by atoms with E-state index >= 15 is 0 Å². The molecule has 0 saturated heterocycles. The Balaban J connectivity index is 2.79. The molecule has 0 amide bonds. The van der Waals surface area contributed by atoms with Crippen LogP contribution in [0.2, 0.25) is 0 Å². The molecule has 8 heteroatoms. The average molecular weight is 244 g/mol. The van der Waals surface area contributed by atoms with Crippen LogP contribution in [0.5, 0.6) is 5.88 Å². The van der Waals surface area contributed by atoms with Gasteiger partial charge in [0.2, 0.25) is 0 Å². The Bertz CT molecular complexity index is 427. The Morgan fingerprint density at radius 1 is 1.53 bits per heavy atom. The molecule has 1 rings (SSSR count). The molecule has 0 spiro atoms. The van der Waals surface area contributed by atoms with E-state index in [2.05, 4.69) is 5.16 Å². The fourth-order valence-corrected chi connectivity index (χ4v) is 1.15. The highest BCUT2D eigenvalue weighted by Gasteiger charge is 2.21. The summed E-state index contributed by atoms with van der Waals surface area (Å²) in [6.45, 7) is 0.978. The van der Waals surface area contributed by atoms with Gasteiger partial charge < -0.3 is 25.2 Å². The molecule has 94 valence electrons. The first-order chi connectivity index (χ1) is 7.91. The maximum absolute atomic E-state index is 10.6. The number of carboxylic acids is 2. The summed E-state index contributed by atoms with van der Waals surface area (Å²) < 4.78 is 9.64. The quantitative estimate of drug-likeness (QED) is 0.603. The monoisotopic (exact) mass is 244 g/mol. The van der Waals surface area contributed by atoms with E-state index in [1.807, 2.05) is 0 Å². The van der Waals surface area contributed by atoms with E-state index < -0.39 is 24.6 Å². The van der Waals surface area contributed by atoms with Gasteiger partial charge in [-0.3, -0.25) is 4.79 Å². The highest BCUT2D eigenvalue weighted by molar-refractivity contribution is 5.73. The molecular formula is C9H12N2O6. The zero-order valence-electron chi connectivity index (χ0n) is 9.04. The first-order valence-corrected chi connectivity index (χ1v) is 4.70. The maximum atomic E-state index is 10.6. The van der Waals surface area contributed by atoms with Gasteiger partial charge in [-0.2, -0.15) is 0 Å². The van der Waals surface area contributed by atoms with Crippen molar-refractivity contribution in [3.63, 3.8) is 0 Å². The van der Waals surface area contributed by atoms with Gasteiger partial charge in [0.05, 0.1) is 5.56 Å². The third-order valence-corrected chi connectivity index (χ3v) is 2.02.